The van der Waals surface area contributed by atoms with Crippen LogP contribution in [-0.4, -0.2) is 74.6 Å². The van der Waals surface area contributed by atoms with Crippen molar-refractivity contribution in [2.75, 3.05) is 33.2 Å². The summed E-state index contributed by atoms with van der Waals surface area (Å²) in [6, 6.07) is 2.19. The van der Waals surface area contributed by atoms with Gasteiger partial charge in [0.25, 0.3) is 0 Å². The van der Waals surface area contributed by atoms with Crippen LogP contribution in [0.3, 0.4) is 0 Å². The van der Waals surface area contributed by atoms with E-state index in [0.29, 0.717) is 18.4 Å². The number of carbonyl (C=O) groups is 1. The molecule has 3 atom stereocenters. The van der Waals surface area contributed by atoms with Crippen molar-refractivity contribution < 1.29 is 4.79 Å². The SMILES string of the molecule is CN=C[C@H]1CCN(C(=O)N2CC[C@@H](C)[C@@H](c3ncc4cnc5[nH]ccc5n34)C2)C1. The summed E-state index contributed by atoms with van der Waals surface area (Å²) in [5.74, 6) is 2.07. The van der Waals surface area contributed by atoms with Gasteiger partial charge in [0.1, 0.15) is 5.82 Å². The molecule has 0 aliphatic carbocycles. The third kappa shape index (κ3) is 3.07. The summed E-state index contributed by atoms with van der Waals surface area (Å²) in [6.07, 6.45) is 9.61. The maximum atomic E-state index is 13.2. The number of carbonyl (C=O) groups excluding carboxylic acids is 1. The summed E-state index contributed by atoms with van der Waals surface area (Å²) >= 11 is 0. The smallest absolute Gasteiger partial charge is 0.320 e. The highest BCUT2D eigenvalue weighted by atomic mass is 16.2. The van der Waals surface area contributed by atoms with Crippen molar-refractivity contribution >= 4 is 28.9 Å². The molecule has 2 saturated heterocycles. The lowest BCUT2D eigenvalue weighted by molar-refractivity contribution is 0.131. The van der Waals surface area contributed by atoms with Crippen LogP contribution in [0.25, 0.3) is 16.7 Å². The molecule has 2 amide bonds. The quantitative estimate of drug-likeness (QED) is 0.680. The molecule has 5 rings (SSSR count). The number of fused-ring (bicyclic) bond motifs is 3. The van der Waals surface area contributed by atoms with Gasteiger partial charge in [-0.15, -0.1) is 0 Å². The highest BCUT2D eigenvalue weighted by molar-refractivity contribution is 5.77. The first kappa shape index (κ1) is 18.1. The minimum atomic E-state index is 0.156. The first-order valence-electron chi connectivity index (χ1n) is 10.4. The fraction of sp³-hybridized carbons (Fsp3) is 0.524. The number of piperidine rings is 1. The van der Waals surface area contributed by atoms with Gasteiger partial charge < -0.3 is 19.8 Å². The summed E-state index contributed by atoms with van der Waals surface area (Å²) in [5.41, 5.74) is 2.88. The minimum Gasteiger partial charge on any atom is -0.345 e. The minimum absolute atomic E-state index is 0.156. The normalized spacial score (nSPS) is 25.7. The number of hydrogen-bond acceptors (Lipinski definition) is 4. The molecular formula is C21H27N7O. The first-order chi connectivity index (χ1) is 14.2. The average Bonchev–Trinajstić information content (AvgIpc) is 3.46. The van der Waals surface area contributed by atoms with Crippen molar-refractivity contribution in [1.82, 2.24) is 29.2 Å². The van der Waals surface area contributed by atoms with E-state index in [2.05, 4.69) is 26.3 Å². The molecule has 152 valence electrons. The van der Waals surface area contributed by atoms with E-state index in [1.165, 1.54) is 0 Å². The fourth-order valence-electron chi connectivity index (χ4n) is 4.83. The number of nitrogens with zero attached hydrogens (tertiary/aromatic N) is 6. The standard InChI is InChI=1S/C21H27N7O/c1-14-4-7-27(21(29)26-8-5-15(12-26)9-22-2)13-17(14)20-25-11-16-10-24-19-18(28(16)20)3-6-23-19/h3,6,9-11,14-15,17,23H,4-5,7-8,12-13H2,1-2H3/t14-,15-,17+/m1/s1. The first-order valence-corrected chi connectivity index (χ1v) is 10.4. The van der Waals surface area contributed by atoms with E-state index in [1.807, 2.05) is 40.7 Å². The van der Waals surface area contributed by atoms with Gasteiger partial charge in [0, 0.05) is 57.5 Å². The summed E-state index contributed by atoms with van der Waals surface area (Å²) in [7, 11) is 1.80. The van der Waals surface area contributed by atoms with Crippen LogP contribution in [0.15, 0.2) is 29.6 Å². The topological polar surface area (TPSA) is 81.9 Å². The van der Waals surface area contributed by atoms with Gasteiger partial charge in [-0.1, -0.05) is 6.92 Å². The molecule has 2 aliphatic heterocycles. The van der Waals surface area contributed by atoms with Crippen LogP contribution in [0.5, 0.6) is 0 Å². The van der Waals surface area contributed by atoms with E-state index < -0.39 is 0 Å². The molecule has 3 aromatic heterocycles. The second kappa shape index (κ2) is 7.17. The largest absolute Gasteiger partial charge is 0.345 e. The Kier molecular flexibility index (Phi) is 4.49. The van der Waals surface area contributed by atoms with Crippen LogP contribution in [0, 0.1) is 11.8 Å². The van der Waals surface area contributed by atoms with Gasteiger partial charge in [0.2, 0.25) is 0 Å². The Balaban J connectivity index is 1.42. The number of likely N-dealkylation sites (tertiary alicyclic amines) is 2. The molecule has 2 aliphatic rings. The number of amides is 2. The number of aromatic amines is 1. The second-order valence-electron chi connectivity index (χ2n) is 8.35. The molecule has 0 bridgehead atoms. The molecule has 1 N–H and O–H groups in total. The van der Waals surface area contributed by atoms with Gasteiger partial charge in [-0.3, -0.25) is 4.40 Å². The molecule has 5 heterocycles. The third-order valence-electron chi connectivity index (χ3n) is 6.50. The molecule has 2 fully saturated rings. The summed E-state index contributed by atoms with van der Waals surface area (Å²) < 4.78 is 2.19. The van der Waals surface area contributed by atoms with Crippen molar-refractivity contribution in [3.8, 4) is 0 Å². The molecule has 0 saturated carbocycles. The Morgan fingerprint density at radius 2 is 2.00 bits per heavy atom. The van der Waals surface area contributed by atoms with Gasteiger partial charge in [0.15, 0.2) is 5.65 Å². The Bertz CT molecular complexity index is 1070. The van der Waals surface area contributed by atoms with Crippen molar-refractivity contribution in [1.29, 1.82) is 0 Å². The second-order valence-corrected chi connectivity index (χ2v) is 8.35. The lowest BCUT2D eigenvalue weighted by atomic mass is 9.86. The molecule has 0 unspecified atom stereocenters. The lowest BCUT2D eigenvalue weighted by Gasteiger charge is -2.38. The predicted molar refractivity (Wildman–Crippen MR) is 112 cm³/mol. The van der Waals surface area contributed by atoms with Gasteiger partial charge in [-0.2, -0.15) is 0 Å². The summed E-state index contributed by atoms with van der Waals surface area (Å²) in [4.78, 5) is 33.7. The number of imidazole rings is 1. The molecule has 8 nitrogen and oxygen atoms in total. The Morgan fingerprint density at radius 3 is 2.86 bits per heavy atom. The highest BCUT2D eigenvalue weighted by Gasteiger charge is 2.36. The number of urea groups is 1. The molecule has 8 heteroatoms. The van der Waals surface area contributed by atoms with Crippen molar-refractivity contribution in [2.24, 2.45) is 16.8 Å². The Morgan fingerprint density at radius 1 is 1.21 bits per heavy atom. The van der Waals surface area contributed by atoms with Gasteiger partial charge in [-0.25, -0.2) is 14.8 Å². The van der Waals surface area contributed by atoms with E-state index in [0.717, 1.165) is 55.0 Å². The summed E-state index contributed by atoms with van der Waals surface area (Å²) in [5, 5.41) is 0. The van der Waals surface area contributed by atoms with Crippen LogP contribution < -0.4 is 0 Å². The van der Waals surface area contributed by atoms with Gasteiger partial charge >= 0.3 is 6.03 Å². The zero-order valence-electron chi connectivity index (χ0n) is 17.0. The van der Waals surface area contributed by atoms with E-state index >= 15 is 0 Å². The number of nitrogens with one attached hydrogen (secondary N) is 1. The maximum Gasteiger partial charge on any atom is 0.320 e. The number of aromatic nitrogens is 4. The molecule has 29 heavy (non-hydrogen) atoms. The van der Waals surface area contributed by atoms with Crippen molar-refractivity contribution in [3.05, 3.63) is 30.5 Å². The third-order valence-corrected chi connectivity index (χ3v) is 6.50. The molecule has 3 aromatic rings. The van der Waals surface area contributed by atoms with Crippen LogP contribution in [0.4, 0.5) is 4.79 Å². The van der Waals surface area contributed by atoms with E-state index in [1.54, 1.807) is 7.05 Å². The van der Waals surface area contributed by atoms with E-state index in [4.69, 9.17) is 4.98 Å². The Hall–Kier alpha value is -2.90. The molecule has 0 spiro atoms. The highest BCUT2D eigenvalue weighted by Crippen LogP contribution is 2.33. The number of H-pyrrole nitrogens is 1. The summed E-state index contributed by atoms with van der Waals surface area (Å²) in [6.45, 7) is 5.37. The number of rotatable bonds is 2. The monoisotopic (exact) mass is 393 g/mol. The van der Waals surface area contributed by atoms with Crippen LogP contribution in [0.2, 0.25) is 0 Å². The number of hydrogen-bond donors (Lipinski definition) is 1. The van der Waals surface area contributed by atoms with Gasteiger partial charge in [0.05, 0.1) is 23.4 Å². The predicted octanol–water partition coefficient (Wildman–Crippen LogP) is 2.78. The van der Waals surface area contributed by atoms with Crippen LogP contribution in [0.1, 0.15) is 31.5 Å². The maximum absolute atomic E-state index is 13.2. The van der Waals surface area contributed by atoms with E-state index in [-0.39, 0.29) is 11.9 Å². The zero-order valence-corrected chi connectivity index (χ0v) is 17.0. The molecular weight excluding hydrogens is 366 g/mol. The number of aliphatic imine (C=N–C) groups is 1. The van der Waals surface area contributed by atoms with Crippen molar-refractivity contribution in [3.63, 3.8) is 0 Å². The van der Waals surface area contributed by atoms with Crippen LogP contribution >= 0.6 is 0 Å². The average molecular weight is 393 g/mol. The fourth-order valence-corrected chi connectivity index (χ4v) is 4.83. The lowest BCUT2D eigenvalue weighted by Crippen LogP contribution is -2.48. The molecule has 0 radical (unpaired) electrons. The molecule has 0 aromatic carbocycles. The Labute approximate surface area is 169 Å². The zero-order chi connectivity index (χ0) is 20.0. The van der Waals surface area contributed by atoms with E-state index in [9.17, 15) is 4.79 Å². The van der Waals surface area contributed by atoms with Gasteiger partial charge in [-0.05, 0) is 24.8 Å². The van der Waals surface area contributed by atoms with Crippen LogP contribution in [-0.2, 0) is 0 Å². The van der Waals surface area contributed by atoms with Crippen molar-refractivity contribution in [2.45, 2.75) is 25.7 Å².